The Balaban J connectivity index is 1.81. The maximum atomic E-state index is 5.86. The van der Waals surface area contributed by atoms with Crippen molar-refractivity contribution >= 4 is 21.6 Å². The van der Waals surface area contributed by atoms with E-state index in [0.29, 0.717) is 12.5 Å². The molecule has 2 aromatic heterocycles. The van der Waals surface area contributed by atoms with Gasteiger partial charge in [0, 0.05) is 17.8 Å². The van der Waals surface area contributed by atoms with Crippen molar-refractivity contribution in [1.82, 2.24) is 14.4 Å². The topological polar surface area (TPSA) is 48.7 Å². The van der Waals surface area contributed by atoms with Gasteiger partial charge in [0.05, 0.1) is 24.5 Å². The minimum absolute atomic E-state index is 0.0668. The third kappa shape index (κ3) is 1.64. The van der Waals surface area contributed by atoms with Crippen LogP contribution in [0.3, 0.4) is 0 Å². The standard InChI is InChI=1S/C14H16BrN3O2/c1-3-19-12-11-16-9(4-18(11)5-10(15)17-12)14-6-13(2,7-14)20-8-14/h4-5H,3,6-8H2,1-2H3. The molecule has 20 heavy (non-hydrogen) atoms. The van der Waals surface area contributed by atoms with Gasteiger partial charge < -0.3 is 9.47 Å². The summed E-state index contributed by atoms with van der Waals surface area (Å²) in [5, 5.41) is 0. The van der Waals surface area contributed by atoms with E-state index >= 15 is 0 Å². The SMILES string of the molecule is CCOc1nc(Br)cn2cc(C34COC(C)(C3)C4)nc12. The van der Waals surface area contributed by atoms with Crippen molar-refractivity contribution < 1.29 is 9.47 Å². The Hall–Kier alpha value is -1.14. The van der Waals surface area contributed by atoms with E-state index in [1.165, 1.54) is 0 Å². The third-order valence-corrected chi connectivity index (χ3v) is 4.71. The highest BCUT2D eigenvalue weighted by Crippen LogP contribution is 2.58. The molecule has 5 nitrogen and oxygen atoms in total. The highest BCUT2D eigenvalue weighted by Gasteiger charge is 2.61. The summed E-state index contributed by atoms with van der Waals surface area (Å²) in [5.41, 5.74) is 2.03. The van der Waals surface area contributed by atoms with Gasteiger partial charge in [-0.2, -0.15) is 0 Å². The number of fused-ring (bicyclic) bond motifs is 2. The molecule has 1 aliphatic carbocycles. The van der Waals surface area contributed by atoms with Crippen LogP contribution < -0.4 is 4.74 Å². The largest absolute Gasteiger partial charge is 0.475 e. The first-order chi connectivity index (χ1) is 9.54. The summed E-state index contributed by atoms with van der Waals surface area (Å²) in [6, 6.07) is 0. The molecular formula is C14H16BrN3O2. The number of hydrogen-bond donors (Lipinski definition) is 0. The first kappa shape index (κ1) is 12.6. The molecule has 2 saturated heterocycles. The number of hydrogen-bond acceptors (Lipinski definition) is 4. The fraction of sp³-hybridized carbons (Fsp3) is 0.571. The van der Waals surface area contributed by atoms with Crippen molar-refractivity contribution in [2.24, 2.45) is 0 Å². The quantitative estimate of drug-likeness (QED) is 0.863. The minimum atomic E-state index is 0.0668. The highest BCUT2D eigenvalue weighted by atomic mass is 79.9. The van der Waals surface area contributed by atoms with Crippen LogP contribution in [0.15, 0.2) is 17.0 Å². The molecule has 5 rings (SSSR count). The van der Waals surface area contributed by atoms with E-state index in [4.69, 9.17) is 14.5 Å². The fourth-order valence-electron chi connectivity index (χ4n) is 3.58. The Labute approximate surface area is 125 Å². The molecule has 3 aliphatic rings. The predicted molar refractivity (Wildman–Crippen MR) is 77.1 cm³/mol. The molecule has 2 aromatic rings. The summed E-state index contributed by atoms with van der Waals surface area (Å²) in [6.07, 6.45) is 6.11. The zero-order chi connectivity index (χ0) is 14.0. The molecule has 0 spiro atoms. The Bertz CT molecular complexity index is 691. The van der Waals surface area contributed by atoms with Crippen LogP contribution in [0.2, 0.25) is 0 Å². The van der Waals surface area contributed by atoms with Crippen molar-refractivity contribution in [3.63, 3.8) is 0 Å². The molecule has 1 saturated carbocycles. The van der Waals surface area contributed by atoms with Crippen LogP contribution in [0.4, 0.5) is 0 Å². The van der Waals surface area contributed by atoms with E-state index in [9.17, 15) is 0 Å². The zero-order valence-corrected chi connectivity index (χ0v) is 13.1. The van der Waals surface area contributed by atoms with E-state index in [-0.39, 0.29) is 11.0 Å². The number of aromatic nitrogens is 3. The zero-order valence-electron chi connectivity index (χ0n) is 11.5. The van der Waals surface area contributed by atoms with Crippen LogP contribution in [0.5, 0.6) is 5.88 Å². The van der Waals surface area contributed by atoms with E-state index in [0.717, 1.165) is 35.4 Å². The molecule has 0 aromatic carbocycles. The van der Waals surface area contributed by atoms with Gasteiger partial charge in [0.15, 0.2) is 0 Å². The number of ether oxygens (including phenoxy) is 2. The smallest absolute Gasteiger partial charge is 0.259 e. The minimum Gasteiger partial charge on any atom is -0.475 e. The molecule has 6 heteroatoms. The van der Waals surface area contributed by atoms with E-state index < -0.39 is 0 Å². The van der Waals surface area contributed by atoms with E-state index in [2.05, 4.69) is 34.0 Å². The van der Waals surface area contributed by atoms with Gasteiger partial charge in [-0.1, -0.05) is 0 Å². The Kier molecular flexibility index (Phi) is 2.49. The third-order valence-electron chi connectivity index (χ3n) is 4.32. The molecule has 3 fully saturated rings. The molecule has 0 radical (unpaired) electrons. The molecule has 0 N–H and O–H groups in total. The second-order valence-electron chi connectivity index (χ2n) is 6.03. The average molecular weight is 338 g/mol. The second-order valence-corrected chi connectivity index (χ2v) is 6.84. The van der Waals surface area contributed by atoms with Gasteiger partial charge in [-0.25, -0.2) is 9.97 Å². The molecule has 4 heterocycles. The second kappa shape index (κ2) is 3.95. The first-order valence-electron chi connectivity index (χ1n) is 6.86. The van der Waals surface area contributed by atoms with Gasteiger partial charge in [-0.15, -0.1) is 0 Å². The monoisotopic (exact) mass is 337 g/mol. The van der Waals surface area contributed by atoms with Gasteiger partial charge in [0.1, 0.15) is 4.60 Å². The maximum absolute atomic E-state index is 5.86. The number of rotatable bonds is 3. The van der Waals surface area contributed by atoms with E-state index in [1.807, 2.05) is 17.5 Å². The van der Waals surface area contributed by atoms with Gasteiger partial charge in [0.2, 0.25) is 5.65 Å². The Morgan fingerprint density at radius 3 is 2.85 bits per heavy atom. The summed E-state index contributed by atoms with van der Waals surface area (Å²) in [5.74, 6) is 0.575. The average Bonchev–Trinajstić information content (AvgIpc) is 2.99. The van der Waals surface area contributed by atoms with Crippen molar-refractivity contribution in [3.8, 4) is 5.88 Å². The van der Waals surface area contributed by atoms with Gasteiger partial charge >= 0.3 is 0 Å². The van der Waals surface area contributed by atoms with Crippen LogP contribution in [0, 0.1) is 0 Å². The van der Waals surface area contributed by atoms with Crippen molar-refractivity contribution in [2.75, 3.05) is 13.2 Å². The number of nitrogens with zero attached hydrogens (tertiary/aromatic N) is 3. The molecule has 0 unspecified atom stereocenters. The van der Waals surface area contributed by atoms with Crippen LogP contribution in [0.25, 0.3) is 5.65 Å². The first-order valence-corrected chi connectivity index (χ1v) is 7.65. The molecule has 0 atom stereocenters. The van der Waals surface area contributed by atoms with Crippen molar-refractivity contribution in [2.45, 2.75) is 37.7 Å². The number of halogens is 1. The number of imidazole rings is 1. The lowest BCUT2D eigenvalue weighted by Gasteiger charge is -2.41. The normalized spacial score (nSPS) is 31.6. The van der Waals surface area contributed by atoms with Crippen molar-refractivity contribution in [3.05, 3.63) is 22.7 Å². The van der Waals surface area contributed by atoms with Crippen LogP contribution in [-0.4, -0.2) is 33.2 Å². The summed E-state index contributed by atoms with van der Waals surface area (Å²) >= 11 is 3.41. The van der Waals surface area contributed by atoms with Crippen LogP contribution in [-0.2, 0) is 10.2 Å². The fourth-order valence-corrected chi connectivity index (χ4v) is 3.96. The lowest BCUT2D eigenvalue weighted by Crippen LogP contribution is -2.45. The Morgan fingerprint density at radius 2 is 2.20 bits per heavy atom. The van der Waals surface area contributed by atoms with E-state index in [1.54, 1.807) is 0 Å². The Morgan fingerprint density at radius 1 is 1.40 bits per heavy atom. The highest BCUT2D eigenvalue weighted by molar-refractivity contribution is 9.10. The molecule has 2 aliphatic heterocycles. The summed E-state index contributed by atoms with van der Waals surface area (Å²) in [6.45, 7) is 5.47. The molecule has 106 valence electrons. The predicted octanol–water partition coefficient (Wildman–Crippen LogP) is 2.71. The van der Waals surface area contributed by atoms with Gasteiger partial charge in [-0.05, 0) is 42.6 Å². The summed E-state index contributed by atoms with van der Waals surface area (Å²) in [4.78, 5) is 9.13. The maximum Gasteiger partial charge on any atom is 0.259 e. The molecule has 0 amide bonds. The van der Waals surface area contributed by atoms with Gasteiger partial charge in [0.25, 0.3) is 5.88 Å². The van der Waals surface area contributed by atoms with Gasteiger partial charge in [-0.3, -0.25) is 4.40 Å². The summed E-state index contributed by atoms with van der Waals surface area (Å²) < 4.78 is 14.2. The molecular weight excluding hydrogens is 322 g/mol. The lowest BCUT2D eigenvalue weighted by atomic mass is 9.62. The van der Waals surface area contributed by atoms with Crippen LogP contribution >= 0.6 is 15.9 Å². The van der Waals surface area contributed by atoms with Crippen molar-refractivity contribution in [1.29, 1.82) is 0 Å². The lowest BCUT2D eigenvalue weighted by molar-refractivity contribution is 0.0154. The van der Waals surface area contributed by atoms with Crippen LogP contribution in [0.1, 0.15) is 32.4 Å². The summed E-state index contributed by atoms with van der Waals surface area (Å²) in [7, 11) is 0. The molecule has 2 bridgehead atoms.